The van der Waals surface area contributed by atoms with Gasteiger partial charge in [0.15, 0.2) is 0 Å². The molecule has 0 unspecified atom stereocenters. The minimum atomic E-state index is -0.482. The number of amides is 1. The highest BCUT2D eigenvalue weighted by molar-refractivity contribution is 5.76. The van der Waals surface area contributed by atoms with Gasteiger partial charge in [0.05, 0.1) is 0 Å². The fraction of sp³-hybridized carbons (Fsp3) is 0.667. The Morgan fingerprint density at radius 2 is 2.00 bits per heavy atom. The number of nitrogens with zero attached hydrogens (tertiary/aromatic N) is 1. The van der Waals surface area contributed by atoms with Gasteiger partial charge in [-0.3, -0.25) is 9.59 Å². The van der Waals surface area contributed by atoms with E-state index in [0.717, 1.165) is 5.06 Å². The minimum Gasteiger partial charge on any atom is -0.339 e. The van der Waals surface area contributed by atoms with E-state index in [0.29, 0.717) is 6.42 Å². The molecule has 0 aromatic carbocycles. The van der Waals surface area contributed by atoms with Crippen molar-refractivity contribution in [1.29, 1.82) is 0 Å². The van der Waals surface area contributed by atoms with E-state index in [1.54, 1.807) is 6.92 Å². The van der Waals surface area contributed by atoms with E-state index < -0.39 is 5.97 Å². The first-order chi connectivity index (χ1) is 4.57. The van der Waals surface area contributed by atoms with Gasteiger partial charge in [0.2, 0.25) is 0 Å². The van der Waals surface area contributed by atoms with Crippen molar-refractivity contribution in [3.63, 3.8) is 0 Å². The minimum absolute atomic E-state index is 0.213. The van der Waals surface area contributed by atoms with Gasteiger partial charge in [-0.15, -0.1) is 0 Å². The van der Waals surface area contributed by atoms with Crippen LogP contribution < -0.4 is 0 Å². The molecule has 0 N–H and O–H groups in total. The van der Waals surface area contributed by atoms with E-state index in [1.165, 1.54) is 14.0 Å². The van der Waals surface area contributed by atoms with E-state index in [1.807, 2.05) is 0 Å². The summed E-state index contributed by atoms with van der Waals surface area (Å²) in [4.78, 5) is 25.4. The summed E-state index contributed by atoms with van der Waals surface area (Å²) in [6.07, 6.45) is 0.337. The lowest BCUT2D eigenvalue weighted by atomic mass is 10.5. The maximum absolute atomic E-state index is 10.7. The molecule has 0 aromatic rings. The van der Waals surface area contributed by atoms with Crippen LogP contribution >= 0.6 is 0 Å². The van der Waals surface area contributed by atoms with Gasteiger partial charge in [-0.1, -0.05) is 6.92 Å². The van der Waals surface area contributed by atoms with Crippen molar-refractivity contribution < 1.29 is 14.4 Å². The third-order valence-corrected chi connectivity index (χ3v) is 0.919. The third-order valence-electron chi connectivity index (χ3n) is 0.919. The molecule has 0 bridgehead atoms. The van der Waals surface area contributed by atoms with Crippen molar-refractivity contribution in [3.8, 4) is 0 Å². The van der Waals surface area contributed by atoms with Crippen molar-refractivity contribution in [2.45, 2.75) is 20.3 Å². The van der Waals surface area contributed by atoms with Crippen molar-refractivity contribution in [3.05, 3.63) is 0 Å². The van der Waals surface area contributed by atoms with Crippen LogP contribution in [0, 0.1) is 0 Å². The first kappa shape index (κ1) is 8.94. The summed E-state index contributed by atoms with van der Waals surface area (Å²) in [6.45, 7) is 2.95. The predicted octanol–water partition coefficient (Wildman–Crippen LogP) is 0.333. The van der Waals surface area contributed by atoms with Gasteiger partial charge in [-0.05, 0) is 0 Å². The lowest BCUT2D eigenvalue weighted by Crippen LogP contribution is -2.27. The highest BCUT2D eigenvalue weighted by Gasteiger charge is 2.07. The molecule has 0 atom stereocenters. The molecule has 10 heavy (non-hydrogen) atoms. The quantitative estimate of drug-likeness (QED) is 0.499. The summed E-state index contributed by atoms with van der Waals surface area (Å²) in [7, 11) is 1.41. The first-order valence-electron chi connectivity index (χ1n) is 3.03. The highest BCUT2D eigenvalue weighted by atomic mass is 16.7. The Labute approximate surface area is 59.7 Å². The van der Waals surface area contributed by atoms with Crippen LogP contribution in [-0.2, 0) is 14.4 Å². The standard InChI is InChI=1S/C6H11NO3/c1-4-6(9)7(3)10-5(2)8/h4H2,1-3H3. The molecule has 0 spiro atoms. The van der Waals surface area contributed by atoms with Gasteiger partial charge in [0.25, 0.3) is 5.91 Å². The zero-order valence-electron chi connectivity index (χ0n) is 6.38. The van der Waals surface area contributed by atoms with Crippen molar-refractivity contribution >= 4 is 11.9 Å². The van der Waals surface area contributed by atoms with Gasteiger partial charge >= 0.3 is 5.97 Å². The number of hydroxylamine groups is 2. The summed E-state index contributed by atoms with van der Waals surface area (Å²) in [5.74, 6) is -0.695. The Bertz CT molecular complexity index is 144. The number of carbonyl (C=O) groups is 2. The molecule has 0 radical (unpaired) electrons. The number of rotatable bonds is 1. The molecular weight excluding hydrogens is 134 g/mol. The van der Waals surface area contributed by atoms with E-state index in [-0.39, 0.29) is 5.91 Å². The highest BCUT2D eigenvalue weighted by Crippen LogP contribution is 1.90. The van der Waals surface area contributed by atoms with Crippen LogP contribution in [0.25, 0.3) is 0 Å². The smallest absolute Gasteiger partial charge is 0.329 e. The summed E-state index contributed by atoms with van der Waals surface area (Å²) >= 11 is 0. The maximum atomic E-state index is 10.7. The van der Waals surface area contributed by atoms with E-state index >= 15 is 0 Å². The molecule has 1 amide bonds. The first-order valence-corrected chi connectivity index (χ1v) is 3.03. The second-order valence-electron chi connectivity index (χ2n) is 1.83. The third kappa shape index (κ3) is 3.06. The number of hydrogen-bond donors (Lipinski definition) is 0. The fourth-order valence-corrected chi connectivity index (χ4v) is 0.466. The molecule has 0 aromatic heterocycles. The molecule has 0 saturated carbocycles. The molecule has 0 fully saturated rings. The van der Waals surface area contributed by atoms with Crippen LogP contribution in [0.4, 0.5) is 0 Å². The van der Waals surface area contributed by atoms with Crippen LogP contribution in [0.3, 0.4) is 0 Å². The maximum Gasteiger partial charge on any atom is 0.329 e. The molecule has 0 aliphatic rings. The molecule has 0 heterocycles. The predicted molar refractivity (Wildman–Crippen MR) is 34.8 cm³/mol. The van der Waals surface area contributed by atoms with Crippen LogP contribution in [0.15, 0.2) is 0 Å². The Morgan fingerprint density at radius 3 is 2.30 bits per heavy atom. The molecule has 4 nitrogen and oxygen atoms in total. The lowest BCUT2D eigenvalue weighted by Gasteiger charge is -2.12. The van der Waals surface area contributed by atoms with Crippen LogP contribution in [0.2, 0.25) is 0 Å². The van der Waals surface area contributed by atoms with Crippen LogP contribution in [-0.4, -0.2) is 24.0 Å². The van der Waals surface area contributed by atoms with Crippen molar-refractivity contribution in [2.24, 2.45) is 0 Å². The molecule has 58 valence electrons. The summed E-state index contributed by atoms with van der Waals surface area (Å²) < 4.78 is 0. The number of hydrogen-bond acceptors (Lipinski definition) is 3. The van der Waals surface area contributed by atoms with Crippen LogP contribution in [0.5, 0.6) is 0 Å². The molecular formula is C6H11NO3. The zero-order chi connectivity index (χ0) is 8.15. The van der Waals surface area contributed by atoms with Crippen molar-refractivity contribution in [2.75, 3.05) is 7.05 Å². The fourth-order valence-electron chi connectivity index (χ4n) is 0.466. The zero-order valence-corrected chi connectivity index (χ0v) is 6.38. The summed E-state index contributed by atoms with van der Waals surface area (Å²) in [6, 6.07) is 0. The Balaban J connectivity index is 3.72. The van der Waals surface area contributed by atoms with E-state index in [4.69, 9.17) is 0 Å². The monoisotopic (exact) mass is 145 g/mol. The lowest BCUT2D eigenvalue weighted by molar-refractivity contribution is -0.190. The van der Waals surface area contributed by atoms with Gasteiger partial charge in [0, 0.05) is 20.4 Å². The average Bonchev–Trinajstić information content (AvgIpc) is 1.85. The SMILES string of the molecule is CCC(=O)N(C)OC(C)=O. The molecule has 0 saturated heterocycles. The second-order valence-corrected chi connectivity index (χ2v) is 1.83. The molecule has 0 rings (SSSR count). The Kier molecular flexibility index (Phi) is 3.46. The van der Waals surface area contributed by atoms with Gasteiger partial charge < -0.3 is 4.84 Å². The topological polar surface area (TPSA) is 46.6 Å². The largest absolute Gasteiger partial charge is 0.339 e. The second kappa shape index (κ2) is 3.87. The van der Waals surface area contributed by atoms with Gasteiger partial charge in [0.1, 0.15) is 0 Å². The summed E-state index contributed by atoms with van der Waals surface area (Å²) in [5, 5.41) is 0.933. The van der Waals surface area contributed by atoms with Gasteiger partial charge in [-0.2, -0.15) is 5.06 Å². The molecule has 4 heteroatoms. The average molecular weight is 145 g/mol. The van der Waals surface area contributed by atoms with E-state index in [9.17, 15) is 9.59 Å². The summed E-state index contributed by atoms with van der Waals surface area (Å²) in [5.41, 5.74) is 0. The van der Waals surface area contributed by atoms with Crippen LogP contribution in [0.1, 0.15) is 20.3 Å². The van der Waals surface area contributed by atoms with Crippen molar-refractivity contribution in [1.82, 2.24) is 5.06 Å². The van der Waals surface area contributed by atoms with Gasteiger partial charge in [-0.25, -0.2) is 0 Å². The Hall–Kier alpha value is -1.06. The molecule has 0 aliphatic heterocycles. The Morgan fingerprint density at radius 1 is 1.50 bits per heavy atom. The van der Waals surface area contributed by atoms with E-state index in [2.05, 4.69) is 4.84 Å². The normalized spacial score (nSPS) is 8.70. The number of carbonyl (C=O) groups excluding carboxylic acids is 2. The molecule has 0 aliphatic carbocycles.